The van der Waals surface area contributed by atoms with Crippen molar-refractivity contribution in [2.75, 3.05) is 31.1 Å². The van der Waals surface area contributed by atoms with Gasteiger partial charge in [-0.3, -0.25) is 4.79 Å². The molecule has 1 saturated heterocycles. The van der Waals surface area contributed by atoms with Gasteiger partial charge in [0.2, 0.25) is 5.91 Å². The number of amides is 2. The molecule has 0 saturated carbocycles. The highest BCUT2D eigenvalue weighted by molar-refractivity contribution is 6.30. The average Bonchev–Trinajstić information content (AvgIpc) is 2.77. The first-order valence-electron chi connectivity index (χ1n) is 10.1. The van der Waals surface area contributed by atoms with Crippen LogP contribution in [0.4, 0.5) is 10.6 Å². The summed E-state index contributed by atoms with van der Waals surface area (Å²) in [6.45, 7) is 6.45. The summed E-state index contributed by atoms with van der Waals surface area (Å²) in [5, 5.41) is 3.33. The van der Waals surface area contributed by atoms with Gasteiger partial charge >= 0.3 is 6.09 Å². The number of benzene rings is 1. The Morgan fingerprint density at radius 2 is 1.80 bits per heavy atom. The van der Waals surface area contributed by atoms with Gasteiger partial charge in [0, 0.05) is 32.4 Å². The van der Waals surface area contributed by atoms with Crippen LogP contribution in [0, 0.1) is 5.92 Å². The number of nitrogens with zero attached hydrogens (tertiary/aromatic N) is 3. The second-order valence-corrected chi connectivity index (χ2v) is 8.01. The second-order valence-electron chi connectivity index (χ2n) is 7.57. The Labute approximate surface area is 182 Å². The van der Waals surface area contributed by atoms with E-state index in [1.165, 1.54) is 0 Å². The van der Waals surface area contributed by atoms with Crippen molar-refractivity contribution in [2.24, 2.45) is 5.92 Å². The fourth-order valence-electron chi connectivity index (χ4n) is 3.31. The molecule has 8 heteroatoms. The van der Waals surface area contributed by atoms with Crippen LogP contribution < -0.4 is 10.2 Å². The minimum Gasteiger partial charge on any atom is -0.445 e. The number of carbonyl (C=O) groups is 2. The van der Waals surface area contributed by atoms with Crippen molar-refractivity contribution in [1.29, 1.82) is 0 Å². The first kappa shape index (κ1) is 21.9. The minimum atomic E-state index is -0.631. The molecule has 1 aromatic heterocycles. The van der Waals surface area contributed by atoms with Gasteiger partial charge in [-0.15, -0.1) is 0 Å². The van der Waals surface area contributed by atoms with E-state index < -0.39 is 12.1 Å². The van der Waals surface area contributed by atoms with Crippen molar-refractivity contribution < 1.29 is 14.3 Å². The lowest BCUT2D eigenvalue weighted by Gasteiger charge is -2.37. The van der Waals surface area contributed by atoms with Crippen molar-refractivity contribution in [2.45, 2.75) is 26.5 Å². The molecule has 160 valence electrons. The predicted molar refractivity (Wildman–Crippen MR) is 116 cm³/mol. The molecule has 0 bridgehead atoms. The van der Waals surface area contributed by atoms with E-state index in [1.54, 1.807) is 17.2 Å². The molecule has 1 aliphatic heterocycles. The van der Waals surface area contributed by atoms with E-state index in [0.29, 0.717) is 31.2 Å². The molecule has 7 nitrogen and oxygen atoms in total. The highest BCUT2D eigenvalue weighted by Crippen LogP contribution is 2.17. The van der Waals surface area contributed by atoms with Gasteiger partial charge < -0.3 is 19.9 Å². The molecule has 2 heterocycles. The monoisotopic (exact) mass is 430 g/mol. The number of hydrogen-bond donors (Lipinski definition) is 1. The van der Waals surface area contributed by atoms with Crippen LogP contribution in [0.25, 0.3) is 0 Å². The molecule has 30 heavy (non-hydrogen) atoms. The van der Waals surface area contributed by atoms with Crippen LogP contribution in [-0.4, -0.2) is 54.1 Å². The number of hydrogen-bond acceptors (Lipinski definition) is 5. The average molecular weight is 431 g/mol. The molecule has 0 aliphatic carbocycles. The molecule has 0 spiro atoms. The molecule has 0 radical (unpaired) electrons. The van der Waals surface area contributed by atoms with Crippen molar-refractivity contribution >= 4 is 29.4 Å². The number of ether oxygens (including phenoxy) is 1. The SMILES string of the molecule is CC(C)[C@H](NC(=O)OCc1ccccc1)C(=O)N1CCN(c2ccc(Cl)cn2)CC1. The van der Waals surface area contributed by atoms with Crippen LogP contribution in [0.5, 0.6) is 0 Å². The van der Waals surface area contributed by atoms with E-state index in [-0.39, 0.29) is 18.4 Å². The first-order valence-corrected chi connectivity index (χ1v) is 10.4. The number of pyridine rings is 1. The molecule has 1 fully saturated rings. The number of alkyl carbamates (subject to hydrolysis) is 1. The van der Waals surface area contributed by atoms with Crippen molar-refractivity contribution in [1.82, 2.24) is 15.2 Å². The Bertz CT molecular complexity index is 837. The lowest BCUT2D eigenvalue weighted by molar-refractivity contribution is -0.134. The van der Waals surface area contributed by atoms with Gasteiger partial charge in [-0.05, 0) is 23.6 Å². The van der Waals surface area contributed by atoms with Crippen LogP contribution in [0.1, 0.15) is 19.4 Å². The molecule has 1 aromatic carbocycles. The Balaban J connectivity index is 1.52. The summed E-state index contributed by atoms with van der Waals surface area (Å²) < 4.78 is 5.28. The maximum Gasteiger partial charge on any atom is 0.408 e. The van der Waals surface area contributed by atoms with Crippen LogP contribution >= 0.6 is 11.6 Å². The van der Waals surface area contributed by atoms with Gasteiger partial charge in [-0.2, -0.15) is 0 Å². The van der Waals surface area contributed by atoms with E-state index in [4.69, 9.17) is 16.3 Å². The van der Waals surface area contributed by atoms with Gasteiger partial charge in [0.1, 0.15) is 18.5 Å². The van der Waals surface area contributed by atoms with Gasteiger partial charge in [-0.1, -0.05) is 55.8 Å². The van der Waals surface area contributed by atoms with Crippen molar-refractivity contribution in [3.8, 4) is 0 Å². The van der Waals surface area contributed by atoms with Crippen LogP contribution in [-0.2, 0) is 16.1 Å². The zero-order valence-electron chi connectivity index (χ0n) is 17.3. The summed E-state index contributed by atoms with van der Waals surface area (Å²) in [6, 6.07) is 12.5. The Hall–Kier alpha value is -2.80. The summed E-state index contributed by atoms with van der Waals surface area (Å²) in [6.07, 6.45) is 1.03. The Kier molecular flexibility index (Phi) is 7.52. The van der Waals surface area contributed by atoms with Gasteiger partial charge in [-0.25, -0.2) is 9.78 Å². The summed E-state index contributed by atoms with van der Waals surface area (Å²) in [4.78, 5) is 33.5. The van der Waals surface area contributed by atoms with E-state index in [2.05, 4.69) is 15.2 Å². The van der Waals surface area contributed by atoms with Crippen LogP contribution in [0.15, 0.2) is 48.7 Å². The van der Waals surface area contributed by atoms with E-state index >= 15 is 0 Å². The lowest BCUT2D eigenvalue weighted by atomic mass is 10.0. The molecule has 1 aliphatic rings. The number of aromatic nitrogens is 1. The highest BCUT2D eigenvalue weighted by Gasteiger charge is 2.31. The predicted octanol–water partition coefficient (Wildman–Crippen LogP) is 3.33. The number of rotatable bonds is 6. The Morgan fingerprint density at radius 1 is 1.10 bits per heavy atom. The first-order chi connectivity index (χ1) is 14.4. The summed E-state index contributed by atoms with van der Waals surface area (Å²) in [5.41, 5.74) is 0.895. The highest BCUT2D eigenvalue weighted by atomic mass is 35.5. The van der Waals surface area contributed by atoms with E-state index in [0.717, 1.165) is 11.4 Å². The number of anilines is 1. The third-order valence-corrected chi connectivity index (χ3v) is 5.27. The molecule has 1 N–H and O–H groups in total. The number of nitrogens with one attached hydrogen (secondary N) is 1. The second kappa shape index (κ2) is 10.3. The Morgan fingerprint density at radius 3 is 2.40 bits per heavy atom. The van der Waals surface area contributed by atoms with Gasteiger partial charge in [0.15, 0.2) is 0 Å². The largest absolute Gasteiger partial charge is 0.445 e. The molecule has 2 aromatic rings. The fraction of sp³-hybridized carbons (Fsp3) is 0.409. The maximum atomic E-state index is 13.0. The molecule has 1 atom stereocenters. The summed E-state index contributed by atoms with van der Waals surface area (Å²) in [5.74, 6) is 0.692. The number of halogens is 1. The third-order valence-electron chi connectivity index (χ3n) is 5.05. The number of piperazine rings is 1. The summed E-state index contributed by atoms with van der Waals surface area (Å²) >= 11 is 5.90. The number of carbonyl (C=O) groups excluding carboxylic acids is 2. The summed E-state index contributed by atoms with van der Waals surface area (Å²) in [7, 11) is 0. The van der Waals surface area contributed by atoms with E-state index in [9.17, 15) is 9.59 Å². The topological polar surface area (TPSA) is 74.8 Å². The smallest absolute Gasteiger partial charge is 0.408 e. The molecule has 3 rings (SSSR count). The zero-order chi connectivity index (χ0) is 21.5. The van der Waals surface area contributed by atoms with Crippen molar-refractivity contribution in [3.05, 3.63) is 59.2 Å². The van der Waals surface area contributed by atoms with Crippen LogP contribution in [0.3, 0.4) is 0 Å². The quantitative estimate of drug-likeness (QED) is 0.760. The standard InChI is InChI=1S/C22H27ClN4O3/c1-16(2)20(25-22(29)30-15-17-6-4-3-5-7-17)21(28)27-12-10-26(11-13-27)19-9-8-18(23)14-24-19/h3-9,14,16,20H,10-13,15H2,1-2H3,(H,25,29)/t20-/m0/s1. The lowest BCUT2D eigenvalue weighted by Crippen LogP contribution is -2.56. The molecular weight excluding hydrogens is 404 g/mol. The fourth-order valence-corrected chi connectivity index (χ4v) is 3.42. The van der Waals surface area contributed by atoms with Gasteiger partial charge in [0.05, 0.1) is 5.02 Å². The molecule has 0 unspecified atom stereocenters. The van der Waals surface area contributed by atoms with Gasteiger partial charge in [0.25, 0.3) is 0 Å². The maximum absolute atomic E-state index is 13.0. The molecular formula is C22H27ClN4O3. The molecule has 2 amide bonds. The van der Waals surface area contributed by atoms with Crippen molar-refractivity contribution in [3.63, 3.8) is 0 Å². The van der Waals surface area contributed by atoms with E-state index in [1.807, 2.05) is 50.2 Å². The third kappa shape index (κ3) is 5.86. The normalized spacial score (nSPS) is 15.1. The zero-order valence-corrected chi connectivity index (χ0v) is 18.0. The van der Waals surface area contributed by atoms with Crippen LogP contribution in [0.2, 0.25) is 5.02 Å². The minimum absolute atomic E-state index is 0.0577.